The van der Waals surface area contributed by atoms with Gasteiger partial charge in [-0.15, -0.1) is 0 Å². The number of hydrogen-bond donors (Lipinski definition) is 0. The van der Waals surface area contributed by atoms with Crippen LogP contribution in [-0.4, -0.2) is 39.6 Å². The summed E-state index contributed by atoms with van der Waals surface area (Å²) in [6.07, 6.45) is 4.94. The average molecular weight is 441 g/mol. The highest BCUT2D eigenvalue weighted by Crippen LogP contribution is 2.32. The van der Waals surface area contributed by atoms with Crippen LogP contribution in [0.1, 0.15) is 24.0 Å². The summed E-state index contributed by atoms with van der Waals surface area (Å²) >= 11 is 0. The van der Waals surface area contributed by atoms with Crippen molar-refractivity contribution >= 4 is 15.7 Å². The molecule has 2 aromatic carbocycles. The van der Waals surface area contributed by atoms with Crippen molar-refractivity contribution in [2.75, 3.05) is 24.5 Å². The fourth-order valence-corrected chi connectivity index (χ4v) is 5.77. The van der Waals surface area contributed by atoms with Crippen LogP contribution in [0.25, 0.3) is 0 Å². The lowest BCUT2D eigenvalue weighted by Gasteiger charge is -2.39. The van der Waals surface area contributed by atoms with Gasteiger partial charge >= 0.3 is 0 Å². The number of ether oxygens (including phenoxy) is 1. The van der Waals surface area contributed by atoms with Crippen molar-refractivity contribution in [1.29, 1.82) is 0 Å². The zero-order valence-corrected chi connectivity index (χ0v) is 18.7. The van der Waals surface area contributed by atoms with Gasteiger partial charge in [-0.05, 0) is 50.1 Å². The number of likely N-dealkylation sites (tertiary alicyclic amines) is 1. The van der Waals surface area contributed by atoms with Crippen LogP contribution < -0.4 is 9.04 Å². The topological polar surface area (TPSA) is 63.0 Å². The Bertz CT molecular complexity index is 1090. The highest BCUT2D eigenvalue weighted by Gasteiger charge is 2.34. The van der Waals surface area contributed by atoms with E-state index in [1.807, 2.05) is 43.3 Å². The first kappa shape index (κ1) is 21.5. The molecule has 0 amide bonds. The lowest BCUT2D eigenvalue weighted by molar-refractivity contribution is 0.206. The second kappa shape index (κ2) is 9.16. The Morgan fingerprint density at radius 3 is 2.48 bits per heavy atom. The van der Waals surface area contributed by atoms with Crippen molar-refractivity contribution in [1.82, 2.24) is 4.90 Å². The maximum Gasteiger partial charge on any atom is 0.264 e. The number of anilines is 1. The van der Waals surface area contributed by atoms with E-state index in [9.17, 15) is 8.42 Å². The van der Waals surface area contributed by atoms with Crippen molar-refractivity contribution in [3.63, 3.8) is 0 Å². The standard InChI is InChI=1S/C24H28N2O4S/c1-19-6-8-24(9-7-19)31(27,28)26(22-4-3-5-23(16-22)29-2)21-10-13-25(14-11-21)17-20-12-15-30-18-20/h3-9,12,15-16,18,21H,10-11,13-14,17H2,1-2H3. The molecule has 0 N–H and O–H groups in total. The molecule has 1 saturated heterocycles. The smallest absolute Gasteiger partial charge is 0.264 e. The van der Waals surface area contributed by atoms with Gasteiger partial charge in [0, 0.05) is 37.3 Å². The molecular formula is C24H28N2O4S. The molecule has 3 aromatic rings. The summed E-state index contributed by atoms with van der Waals surface area (Å²) in [6, 6.07) is 16.2. The van der Waals surface area contributed by atoms with E-state index in [1.54, 1.807) is 42.1 Å². The van der Waals surface area contributed by atoms with Crippen LogP contribution in [-0.2, 0) is 16.6 Å². The third-order valence-corrected chi connectivity index (χ3v) is 7.66. The molecule has 164 valence electrons. The summed E-state index contributed by atoms with van der Waals surface area (Å²) in [4.78, 5) is 2.64. The molecule has 2 heterocycles. The number of hydrogen-bond acceptors (Lipinski definition) is 5. The van der Waals surface area contributed by atoms with Crippen LogP contribution >= 0.6 is 0 Å². The minimum atomic E-state index is -3.72. The van der Waals surface area contributed by atoms with E-state index in [2.05, 4.69) is 4.90 Å². The van der Waals surface area contributed by atoms with Gasteiger partial charge < -0.3 is 9.15 Å². The van der Waals surface area contributed by atoms with E-state index >= 15 is 0 Å². The molecule has 0 atom stereocenters. The maximum atomic E-state index is 13.7. The van der Waals surface area contributed by atoms with E-state index in [0.29, 0.717) is 16.3 Å². The van der Waals surface area contributed by atoms with Crippen molar-refractivity contribution in [2.45, 2.75) is 37.2 Å². The normalized spacial score (nSPS) is 15.7. The number of piperidine rings is 1. The van der Waals surface area contributed by atoms with E-state index < -0.39 is 10.0 Å². The molecule has 31 heavy (non-hydrogen) atoms. The van der Waals surface area contributed by atoms with Crippen LogP contribution in [0.3, 0.4) is 0 Å². The number of furan rings is 1. The minimum Gasteiger partial charge on any atom is -0.497 e. The fraction of sp³-hybridized carbons (Fsp3) is 0.333. The Morgan fingerprint density at radius 1 is 1.10 bits per heavy atom. The molecule has 0 unspecified atom stereocenters. The molecule has 1 fully saturated rings. The molecule has 4 rings (SSSR count). The predicted octanol–water partition coefficient (Wildman–Crippen LogP) is 4.46. The lowest BCUT2D eigenvalue weighted by Crippen LogP contribution is -2.47. The van der Waals surface area contributed by atoms with Gasteiger partial charge in [0.2, 0.25) is 0 Å². The number of benzene rings is 2. The molecule has 0 aliphatic carbocycles. The van der Waals surface area contributed by atoms with Gasteiger partial charge in [0.15, 0.2) is 0 Å². The summed E-state index contributed by atoms with van der Waals surface area (Å²) in [7, 11) is -2.13. The minimum absolute atomic E-state index is 0.126. The number of methoxy groups -OCH3 is 1. The molecule has 0 bridgehead atoms. The molecule has 0 spiro atoms. The van der Waals surface area contributed by atoms with E-state index in [1.165, 1.54) is 0 Å². The van der Waals surface area contributed by atoms with Crippen molar-refractivity contribution in [3.05, 3.63) is 78.3 Å². The van der Waals surface area contributed by atoms with Gasteiger partial charge in [-0.1, -0.05) is 23.8 Å². The van der Waals surface area contributed by atoms with Crippen LogP contribution in [0, 0.1) is 6.92 Å². The number of rotatable bonds is 7. The fourth-order valence-electron chi connectivity index (χ4n) is 4.07. The number of nitrogens with zero attached hydrogens (tertiary/aromatic N) is 2. The maximum absolute atomic E-state index is 13.7. The van der Waals surface area contributed by atoms with Crippen LogP contribution in [0.4, 0.5) is 5.69 Å². The van der Waals surface area contributed by atoms with Gasteiger partial charge in [-0.2, -0.15) is 0 Å². The van der Waals surface area contributed by atoms with Gasteiger partial charge in [0.25, 0.3) is 10.0 Å². The Balaban J connectivity index is 1.62. The predicted molar refractivity (Wildman–Crippen MR) is 121 cm³/mol. The third-order valence-electron chi connectivity index (χ3n) is 5.76. The average Bonchev–Trinajstić information content (AvgIpc) is 3.28. The van der Waals surface area contributed by atoms with Crippen molar-refractivity contribution in [3.8, 4) is 5.75 Å². The first-order chi connectivity index (χ1) is 15.0. The van der Waals surface area contributed by atoms with Gasteiger partial charge in [0.05, 0.1) is 30.2 Å². The second-order valence-electron chi connectivity index (χ2n) is 7.95. The molecule has 0 radical (unpaired) electrons. The summed E-state index contributed by atoms with van der Waals surface area (Å²) in [5, 5.41) is 0. The van der Waals surface area contributed by atoms with Crippen LogP contribution in [0.15, 0.2) is 76.4 Å². The Kier molecular flexibility index (Phi) is 6.34. The molecular weight excluding hydrogens is 412 g/mol. The SMILES string of the molecule is COc1cccc(N(C2CCN(Cc3ccoc3)CC2)S(=O)(=O)c2ccc(C)cc2)c1. The summed E-state index contributed by atoms with van der Waals surface area (Å²) in [5.41, 5.74) is 2.79. The second-order valence-corrected chi connectivity index (χ2v) is 9.77. The molecule has 1 aromatic heterocycles. The molecule has 0 saturated carbocycles. The third kappa shape index (κ3) is 4.78. The first-order valence-electron chi connectivity index (χ1n) is 10.5. The highest BCUT2D eigenvalue weighted by atomic mass is 32.2. The number of aryl methyl sites for hydroxylation is 1. The quantitative estimate of drug-likeness (QED) is 0.543. The Labute approximate surface area is 184 Å². The van der Waals surface area contributed by atoms with E-state index in [4.69, 9.17) is 9.15 Å². The van der Waals surface area contributed by atoms with Crippen LogP contribution in [0.2, 0.25) is 0 Å². The first-order valence-corrected chi connectivity index (χ1v) is 11.9. The zero-order chi connectivity index (χ0) is 21.8. The van der Waals surface area contributed by atoms with E-state index in [0.717, 1.165) is 43.6 Å². The van der Waals surface area contributed by atoms with Crippen molar-refractivity contribution < 1.29 is 17.6 Å². The lowest BCUT2D eigenvalue weighted by atomic mass is 10.0. The van der Waals surface area contributed by atoms with Gasteiger partial charge in [-0.3, -0.25) is 9.21 Å². The Hall–Kier alpha value is -2.77. The van der Waals surface area contributed by atoms with E-state index in [-0.39, 0.29) is 6.04 Å². The Morgan fingerprint density at radius 2 is 1.84 bits per heavy atom. The summed E-state index contributed by atoms with van der Waals surface area (Å²) in [6.45, 7) is 4.40. The molecule has 6 nitrogen and oxygen atoms in total. The molecule has 1 aliphatic rings. The molecule has 7 heteroatoms. The molecule has 1 aliphatic heterocycles. The van der Waals surface area contributed by atoms with Crippen molar-refractivity contribution in [2.24, 2.45) is 0 Å². The summed E-state index contributed by atoms with van der Waals surface area (Å²) < 4.78 is 39.6. The largest absolute Gasteiger partial charge is 0.497 e. The highest BCUT2D eigenvalue weighted by molar-refractivity contribution is 7.92. The van der Waals surface area contributed by atoms with Gasteiger partial charge in [-0.25, -0.2) is 8.42 Å². The summed E-state index contributed by atoms with van der Waals surface area (Å²) in [5.74, 6) is 0.638. The van der Waals surface area contributed by atoms with Crippen LogP contribution in [0.5, 0.6) is 5.75 Å². The zero-order valence-electron chi connectivity index (χ0n) is 17.9. The van der Waals surface area contributed by atoms with Gasteiger partial charge in [0.1, 0.15) is 5.75 Å². The monoisotopic (exact) mass is 440 g/mol. The number of sulfonamides is 1.